The third-order valence-corrected chi connectivity index (χ3v) is 3.39. The van der Waals surface area contributed by atoms with E-state index in [0.717, 1.165) is 31.7 Å². The molecule has 0 aliphatic heterocycles. The summed E-state index contributed by atoms with van der Waals surface area (Å²) in [7, 11) is 4.06. The molecular formula is C16H26N4. The number of nitrogens with one attached hydrogen (secondary N) is 1. The quantitative estimate of drug-likeness (QED) is 0.789. The molecule has 1 unspecified atom stereocenters. The van der Waals surface area contributed by atoms with Gasteiger partial charge in [0.15, 0.2) is 0 Å². The molecule has 1 aromatic carbocycles. The zero-order chi connectivity index (χ0) is 15.0. The molecular weight excluding hydrogens is 248 g/mol. The van der Waals surface area contributed by atoms with Gasteiger partial charge in [-0.3, -0.25) is 5.32 Å². The highest BCUT2D eigenvalue weighted by Gasteiger charge is 2.10. The lowest BCUT2D eigenvalue weighted by atomic mass is 10.1. The highest BCUT2D eigenvalue weighted by molar-refractivity contribution is 5.48. The monoisotopic (exact) mass is 274 g/mol. The first kappa shape index (κ1) is 16.5. The van der Waals surface area contributed by atoms with Crippen LogP contribution in [0.5, 0.6) is 0 Å². The van der Waals surface area contributed by atoms with Crippen LogP contribution in [0, 0.1) is 11.3 Å². The van der Waals surface area contributed by atoms with E-state index in [1.807, 2.05) is 26.2 Å². The molecule has 0 fully saturated rings. The van der Waals surface area contributed by atoms with Crippen molar-refractivity contribution in [1.29, 1.82) is 5.26 Å². The first-order chi connectivity index (χ1) is 9.62. The smallest absolute Gasteiger partial charge is 0.121 e. The number of hydrogen-bond acceptors (Lipinski definition) is 4. The molecule has 1 aromatic rings. The average Bonchev–Trinajstić information content (AvgIpc) is 2.45. The van der Waals surface area contributed by atoms with Gasteiger partial charge in [0, 0.05) is 31.9 Å². The van der Waals surface area contributed by atoms with Crippen molar-refractivity contribution in [1.82, 2.24) is 10.2 Å². The number of likely N-dealkylation sites (N-methyl/N-ethyl adjacent to an activating group) is 1. The normalized spacial score (nSPS) is 12.2. The molecule has 0 saturated heterocycles. The molecule has 0 aliphatic rings. The molecule has 0 spiro atoms. The van der Waals surface area contributed by atoms with Gasteiger partial charge in [-0.05, 0) is 45.6 Å². The molecule has 0 aliphatic carbocycles. The molecule has 0 aromatic heterocycles. The third kappa shape index (κ3) is 4.84. The van der Waals surface area contributed by atoms with Crippen molar-refractivity contribution < 1.29 is 0 Å². The van der Waals surface area contributed by atoms with Gasteiger partial charge in [-0.2, -0.15) is 5.26 Å². The summed E-state index contributed by atoms with van der Waals surface area (Å²) in [6.07, 6.45) is 0. The molecule has 1 rings (SSSR count). The summed E-state index contributed by atoms with van der Waals surface area (Å²) in [5, 5.41) is 12.6. The van der Waals surface area contributed by atoms with Crippen LogP contribution in [0.15, 0.2) is 24.3 Å². The molecule has 110 valence electrons. The number of anilines is 1. The zero-order valence-electron chi connectivity index (χ0n) is 13.1. The molecule has 0 amide bonds. The highest BCUT2D eigenvalue weighted by Crippen LogP contribution is 2.18. The lowest BCUT2D eigenvalue weighted by Crippen LogP contribution is -2.29. The Morgan fingerprint density at radius 3 is 2.20 bits per heavy atom. The number of nitrogens with zero attached hydrogens (tertiary/aromatic N) is 3. The average molecular weight is 274 g/mol. The Labute approximate surface area is 123 Å². The first-order valence-corrected chi connectivity index (χ1v) is 7.25. The van der Waals surface area contributed by atoms with Crippen LogP contribution in [0.25, 0.3) is 0 Å². The summed E-state index contributed by atoms with van der Waals surface area (Å²) >= 11 is 0. The van der Waals surface area contributed by atoms with Gasteiger partial charge in [0.05, 0.1) is 6.07 Å². The van der Waals surface area contributed by atoms with Crippen LogP contribution in [0.4, 0.5) is 5.69 Å². The Kier molecular flexibility index (Phi) is 7.06. The maximum Gasteiger partial charge on any atom is 0.121 e. The Bertz CT molecular complexity index is 415. The fourth-order valence-electron chi connectivity index (χ4n) is 2.14. The molecule has 0 radical (unpaired) electrons. The minimum atomic E-state index is -0.235. The predicted molar refractivity (Wildman–Crippen MR) is 84.9 cm³/mol. The van der Waals surface area contributed by atoms with E-state index >= 15 is 0 Å². The SMILES string of the molecule is CCN(CC)c1ccc(C(C#N)NCCN(C)C)cc1. The second-order valence-corrected chi connectivity index (χ2v) is 5.08. The summed E-state index contributed by atoms with van der Waals surface area (Å²) in [6, 6.07) is 10.4. The highest BCUT2D eigenvalue weighted by atomic mass is 15.1. The second-order valence-electron chi connectivity index (χ2n) is 5.08. The van der Waals surface area contributed by atoms with Crippen LogP contribution in [0.2, 0.25) is 0 Å². The lowest BCUT2D eigenvalue weighted by molar-refractivity contribution is 0.395. The molecule has 20 heavy (non-hydrogen) atoms. The van der Waals surface area contributed by atoms with E-state index in [1.165, 1.54) is 5.69 Å². The van der Waals surface area contributed by atoms with Gasteiger partial charge in [-0.25, -0.2) is 0 Å². The topological polar surface area (TPSA) is 42.3 Å². The number of nitriles is 1. The number of hydrogen-bond donors (Lipinski definition) is 1. The van der Waals surface area contributed by atoms with Crippen LogP contribution >= 0.6 is 0 Å². The number of benzene rings is 1. The van der Waals surface area contributed by atoms with Gasteiger partial charge in [0.25, 0.3) is 0 Å². The van der Waals surface area contributed by atoms with Crippen LogP contribution in [0.1, 0.15) is 25.5 Å². The zero-order valence-corrected chi connectivity index (χ0v) is 13.1. The standard InChI is InChI=1S/C16H26N4/c1-5-20(6-2)15-9-7-14(8-10-15)16(13-17)18-11-12-19(3)4/h7-10,16,18H,5-6,11-12H2,1-4H3. The van der Waals surface area contributed by atoms with Gasteiger partial charge in [0.1, 0.15) is 6.04 Å². The van der Waals surface area contributed by atoms with E-state index in [-0.39, 0.29) is 6.04 Å². The van der Waals surface area contributed by atoms with E-state index in [0.29, 0.717) is 0 Å². The van der Waals surface area contributed by atoms with Crippen LogP contribution in [-0.2, 0) is 0 Å². The van der Waals surface area contributed by atoms with E-state index in [9.17, 15) is 5.26 Å². The Hall–Kier alpha value is -1.57. The molecule has 1 N–H and O–H groups in total. The minimum Gasteiger partial charge on any atom is -0.372 e. The lowest BCUT2D eigenvalue weighted by Gasteiger charge is -2.21. The summed E-state index contributed by atoms with van der Waals surface area (Å²) < 4.78 is 0. The van der Waals surface area contributed by atoms with E-state index in [4.69, 9.17) is 0 Å². The van der Waals surface area contributed by atoms with Gasteiger partial charge in [-0.1, -0.05) is 12.1 Å². The van der Waals surface area contributed by atoms with Gasteiger partial charge in [0.2, 0.25) is 0 Å². The Morgan fingerprint density at radius 2 is 1.75 bits per heavy atom. The first-order valence-electron chi connectivity index (χ1n) is 7.25. The number of rotatable bonds is 8. The summed E-state index contributed by atoms with van der Waals surface area (Å²) in [6.45, 7) is 8.03. The predicted octanol–water partition coefficient (Wildman–Crippen LogP) is 2.25. The van der Waals surface area contributed by atoms with Crippen molar-refractivity contribution in [3.05, 3.63) is 29.8 Å². The minimum absolute atomic E-state index is 0.235. The third-order valence-electron chi connectivity index (χ3n) is 3.39. The molecule has 4 heteroatoms. The van der Waals surface area contributed by atoms with Crippen molar-refractivity contribution in [3.63, 3.8) is 0 Å². The molecule has 1 atom stereocenters. The second kappa shape index (κ2) is 8.57. The van der Waals surface area contributed by atoms with Crippen molar-refractivity contribution in [2.45, 2.75) is 19.9 Å². The summed E-state index contributed by atoms with van der Waals surface area (Å²) in [4.78, 5) is 4.40. The Morgan fingerprint density at radius 1 is 1.15 bits per heavy atom. The summed E-state index contributed by atoms with van der Waals surface area (Å²) in [5.41, 5.74) is 2.24. The Balaban J connectivity index is 2.67. The van der Waals surface area contributed by atoms with Crippen LogP contribution < -0.4 is 10.2 Å². The van der Waals surface area contributed by atoms with Crippen LogP contribution in [0.3, 0.4) is 0 Å². The molecule has 0 bridgehead atoms. The van der Waals surface area contributed by atoms with E-state index in [2.05, 4.69) is 47.2 Å². The van der Waals surface area contributed by atoms with Crippen molar-refractivity contribution in [3.8, 4) is 6.07 Å². The van der Waals surface area contributed by atoms with E-state index < -0.39 is 0 Å². The molecule has 0 heterocycles. The van der Waals surface area contributed by atoms with Gasteiger partial charge in [-0.15, -0.1) is 0 Å². The fourth-order valence-corrected chi connectivity index (χ4v) is 2.14. The molecule has 0 saturated carbocycles. The van der Waals surface area contributed by atoms with Crippen molar-refractivity contribution in [2.24, 2.45) is 0 Å². The van der Waals surface area contributed by atoms with Crippen molar-refractivity contribution >= 4 is 5.69 Å². The fraction of sp³-hybridized carbons (Fsp3) is 0.562. The maximum atomic E-state index is 9.28. The largest absolute Gasteiger partial charge is 0.372 e. The molecule has 4 nitrogen and oxygen atoms in total. The van der Waals surface area contributed by atoms with E-state index in [1.54, 1.807) is 0 Å². The maximum absolute atomic E-state index is 9.28. The van der Waals surface area contributed by atoms with Crippen molar-refractivity contribution in [2.75, 3.05) is 45.2 Å². The van der Waals surface area contributed by atoms with Gasteiger partial charge < -0.3 is 9.80 Å². The van der Waals surface area contributed by atoms with Gasteiger partial charge >= 0.3 is 0 Å². The van der Waals surface area contributed by atoms with Crippen LogP contribution in [-0.4, -0.2) is 45.2 Å². The summed E-state index contributed by atoms with van der Waals surface area (Å²) in [5.74, 6) is 0.